The van der Waals surface area contributed by atoms with Crippen molar-refractivity contribution in [1.82, 2.24) is 0 Å². The van der Waals surface area contributed by atoms with Crippen LogP contribution >= 0.6 is 0 Å². The van der Waals surface area contributed by atoms with Crippen molar-refractivity contribution in [2.75, 3.05) is 19.5 Å². The number of carbonyl (C=O) groups excluding carboxylic acids is 1. The van der Waals surface area contributed by atoms with Crippen LogP contribution in [-0.2, 0) is 4.79 Å². The van der Waals surface area contributed by atoms with Gasteiger partial charge in [-0.3, -0.25) is 4.79 Å². The molecule has 0 heterocycles. The number of carboxylic acids is 1. The van der Waals surface area contributed by atoms with Crippen LogP contribution in [0.15, 0.2) is 12.1 Å². The lowest BCUT2D eigenvalue weighted by atomic mass is 10.0. The molecule has 1 aromatic rings. The number of benzene rings is 1. The van der Waals surface area contributed by atoms with Gasteiger partial charge in [-0.15, -0.1) is 0 Å². The van der Waals surface area contributed by atoms with Gasteiger partial charge in [-0.1, -0.05) is 20.3 Å². The average Bonchev–Trinajstić information content (AvgIpc) is 2.46. The lowest BCUT2D eigenvalue weighted by molar-refractivity contribution is -0.119. The number of carboxylic acid groups (broad SMARTS) is 1. The highest BCUT2D eigenvalue weighted by Crippen LogP contribution is 2.33. The van der Waals surface area contributed by atoms with E-state index in [-0.39, 0.29) is 23.1 Å². The normalized spacial score (nSPS) is 11.6. The Hall–Kier alpha value is -2.24. The number of anilines is 1. The van der Waals surface area contributed by atoms with Gasteiger partial charge >= 0.3 is 5.97 Å². The van der Waals surface area contributed by atoms with Crippen LogP contribution in [0.4, 0.5) is 5.69 Å². The minimum atomic E-state index is -1.14. The van der Waals surface area contributed by atoms with E-state index in [2.05, 4.69) is 5.32 Å². The first-order valence-corrected chi connectivity index (χ1v) is 6.74. The van der Waals surface area contributed by atoms with Crippen LogP contribution in [0, 0.1) is 5.92 Å². The monoisotopic (exact) mass is 295 g/mol. The number of rotatable bonds is 7. The largest absolute Gasteiger partial charge is 0.493 e. The standard InChI is InChI=1S/C15H21NO5/c1-5-6-9(2)14(17)16-11-8-13(21-4)12(20-3)7-10(11)15(18)19/h7-9H,5-6H2,1-4H3,(H,16,17)(H,18,19). The van der Waals surface area contributed by atoms with Crippen LogP contribution in [-0.4, -0.2) is 31.2 Å². The van der Waals surface area contributed by atoms with Crippen molar-refractivity contribution in [3.63, 3.8) is 0 Å². The van der Waals surface area contributed by atoms with Crippen molar-refractivity contribution >= 4 is 17.6 Å². The number of nitrogens with one attached hydrogen (secondary N) is 1. The molecule has 1 rings (SSSR count). The Kier molecular flexibility index (Phi) is 6.02. The number of hydrogen-bond donors (Lipinski definition) is 2. The van der Waals surface area contributed by atoms with Crippen LogP contribution in [0.5, 0.6) is 11.5 Å². The van der Waals surface area contributed by atoms with Crippen LogP contribution in [0.25, 0.3) is 0 Å². The van der Waals surface area contributed by atoms with Gasteiger partial charge in [-0.05, 0) is 6.42 Å². The first-order chi connectivity index (χ1) is 9.94. The Labute approximate surface area is 124 Å². The van der Waals surface area contributed by atoms with Gasteiger partial charge in [0.25, 0.3) is 0 Å². The highest BCUT2D eigenvalue weighted by Gasteiger charge is 2.20. The van der Waals surface area contributed by atoms with Gasteiger partial charge in [-0.25, -0.2) is 4.79 Å². The fraction of sp³-hybridized carbons (Fsp3) is 0.467. The number of amides is 1. The molecule has 6 nitrogen and oxygen atoms in total. The summed E-state index contributed by atoms with van der Waals surface area (Å²) in [7, 11) is 2.87. The average molecular weight is 295 g/mol. The highest BCUT2D eigenvalue weighted by molar-refractivity contribution is 6.02. The third-order valence-corrected chi connectivity index (χ3v) is 3.18. The molecule has 1 unspecified atom stereocenters. The topological polar surface area (TPSA) is 84.9 Å². The molecule has 1 amide bonds. The second-order valence-electron chi connectivity index (χ2n) is 4.74. The molecule has 0 saturated heterocycles. The van der Waals surface area contributed by atoms with Gasteiger partial charge in [0.2, 0.25) is 5.91 Å². The van der Waals surface area contributed by atoms with E-state index >= 15 is 0 Å². The zero-order chi connectivity index (χ0) is 16.0. The fourth-order valence-electron chi connectivity index (χ4n) is 1.98. The molecular weight excluding hydrogens is 274 g/mol. The van der Waals surface area contributed by atoms with Crippen molar-refractivity contribution in [3.8, 4) is 11.5 Å². The van der Waals surface area contributed by atoms with Crippen molar-refractivity contribution in [2.45, 2.75) is 26.7 Å². The van der Waals surface area contributed by atoms with Crippen molar-refractivity contribution in [1.29, 1.82) is 0 Å². The lowest BCUT2D eigenvalue weighted by Crippen LogP contribution is -2.21. The van der Waals surface area contributed by atoms with E-state index in [0.29, 0.717) is 11.5 Å². The molecule has 1 aromatic carbocycles. The molecule has 2 N–H and O–H groups in total. The smallest absolute Gasteiger partial charge is 0.337 e. The van der Waals surface area contributed by atoms with Crippen molar-refractivity contribution < 1.29 is 24.2 Å². The Balaban J connectivity index is 3.15. The van der Waals surface area contributed by atoms with E-state index in [1.165, 1.54) is 26.4 Å². The van der Waals surface area contributed by atoms with Crippen LogP contribution < -0.4 is 14.8 Å². The third kappa shape index (κ3) is 4.11. The molecule has 0 radical (unpaired) electrons. The summed E-state index contributed by atoms with van der Waals surface area (Å²) in [5.41, 5.74) is 0.165. The molecule has 116 valence electrons. The maximum atomic E-state index is 12.1. The number of hydrogen-bond acceptors (Lipinski definition) is 4. The molecule has 0 aromatic heterocycles. The van der Waals surface area contributed by atoms with E-state index < -0.39 is 5.97 Å². The van der Waals surface area contributed by atoms with Crippen molar-refractivity contribution in [2.24, 2.45) is 5.92 Å². The molecule has 0 fully saturated rings. The van der Waals surface area contributed by atoms with E-state index in [1.807, 2.05) is 6.92 Å². The highest BCUT2D eigenvalue weighted by atomic mass is 16.5. The third-order valence-electron chi connectivity index (χ3n) is 3.18. The minimum absolute atomic E-state index is 0.0373. The van der Waals surface area contributed by atoms with Crippen LogP contribution in [0.2, 0.25) is 0 Å². The summed E-state index contributed by atoms with van der Waals surface area (Å²) in [5.74, 6) is -0.888. The van der Waals surface area contributed by atoms with Crippen LogP contribution in [0.3, 0.4) is 0 Å². The second-order valence-corrected chi connectivity index (χ2v) is 4.74. The number of methoxy groups -OCH3 is 2. The summed E-state index contributed by atoms with van der Waals surface area (Å²) in [6.07, 6.45) is 1.62. The number of aromatic carboxylic acids is 1. The molecule has 0 aliphatic carbocycles. The van der Waals surface area contributed by atoms with Crippen LogP contribution in [0.1, 0.15) is 37.0 Å². The van der Waals surface area contributed by atoms with Gasteiger partial charge in [0, 0.05) is 18.1 Å². The first kappa shape index (κ1) is 16.8. The lowest BCUT2D eigenvalue weighted by Gasteiger charge is -2.15. The zero-order valence-electron chi connectivity index (χ0n) is 12.7. The Bertz CT molecular complexity index is 527. The predicted molar refractivity (Wildman–Crippen MR) is 79.2 cm³/mol. The van der Waals surface area contributed by atoms with Gasteiger partial charge in [0.1, 0.15) is 0 Å². The first-order valence-electron chi connectivity index (χ1n) is 6.74. The molecule has 0 spiro atoms. The maximum Gasteiger partial charge on any atom is 0.337 e. The molecule has 0 bridgehead atoms. The maximum absolute atomic E-state index is 12.1. The molecular formula is C15H21NO5. The van der Waals surface area contributed by atoms with Crippen molar-refractivity contribution in [3.05, 3.63) is 17.7 Å². The van der Waals surface area contributed by atoms with Gasteiger partial charge in [-0.2, -0.15) is 0 Å². The number of ether oxygens (including phenoxy) is 2. The molecule has 6 heteroatoms. The summed E-state index contributed by atoms with van der Waals surface area (Å²) >= 11 is 0. The quantitative estimate of drug-likeness (QED) is 0.808. The summed E-state index contributed by atoms with van der Waals surface area (Å²) in [6, 6.07) is 2.79. The second kappa shape index (κ2) is 7.52. The molecule has 1 atom stereocenters. The van der Waals surface area contributed by atoms with E-state index in [4.69, 9.17) is 9.47 Å². The molecule has 0 aliphatic rings. The summed E-state index contributed by atoms with van der Waals surface area (Å²) in [6.45, 7) is 3.79. The SMILES string of the molecule is CCCC(C)C(=O)Nc1cc(OC)c(OC)cc1C(=O)O. The summed E-state index contributed by atoms with van der Waals surface area (Å²) in [4.78, 5) is 23.4. The summed E-state index contributed by atoms with van der Waals surface area (Å²) < 4.78 is 10.2. The minimum Gasteiger partial charge on any atom is -0.493 e. The number of carbonyl (C=O) groups is 2. The molecule has 21 heavy (non-hydrogen) atoms. The fourth-order valence-corrected chi connectivity index (χ4v) is 1.98. The molecule has 0 saturated carbocycles. The Morgan fingerprint density at radius 3 is 2.29 bits per heavy atom. The van der Waals surface area contributed by atoms with E-state index in [0.717, 1.165) is 12.8 Å². The Morgan fingerprint density at radius 1 is 1.24 bits per heavy atom. The van der Waals surface area contributed by atoms with Gasteiger partial charge in [0.05, 0.1) is 25.5 Å². The predicted octanol–water partition coefficient (Wildman–Crippen LogP) is 2.78. The molecule has 0 aliphatic heterocycles. The summed E-state index contributed by atoms with van der Waals surface area (Å²) in [5, 5.41) is 11.9. The van der Waals surface area contributed by atoms with E-state index in [9.17, 15) is 14.7 Å². The van der Waals surface area contributed by atoms with Gasteiger partial charge in [0.15, 0.2) is 11.5 Å². The zero-order valence-corrected chi connectivity index (χ0v) is 12.7. The van der Waals surface area contributed by atoms with Gasteiger partial charge < -0.3 is 19.9 Å². The Morgan fingerprint density at radius 2 is 1.81 bits per heavy atom. The van der Waals surface area contributed by atoms with E-state index in [1.54, 1.807) is 6.92 Å².